The third kappa shape index (κ3) is 2.54. The van der Waals surface area contributed by atoms with Crippen LogP contribution in [0, 0.1) is 0 Å². The molecule has 18 heavy (non-hydrogen) atoms. The van der Waals surface area contributed by atoms with E-state index in [1.807, 2.05) is 6.26 Å². The largest absolute Gasteiger partial charge is 0.394 e. The van der Waals surface area contributed by atoms with Gasteiger partial charge in [-0.15, -0.1) is 0 Å². The topological polar surface area (TPSA) is 68.0 Å². The van der Waals surface area contributed by atoms with E-state index >= 15 is 0 Å². The number of thioether (sulfide) groups is 1. The third-order valence-corrected chi connectivity index (χ3v) is 3.45. The summed E-state index contributed by atoms with van der Waals surface area (Å²) in [7, 11) is 0. The first-order valence-corrected chi connectivity index (χ1v) is 7.09. The van der Waals surface area contributed by atoms with Gasteiger partial charge in [0.15, 0.2) is 5.52 Å². The maximum atomic E-state index is 12.2. The molecule has 0 spiro atoms. The first kappa shape index (κ1) is 13.0. The van der Waals surface area contributed by atoms with Gasteiger partial charge in [0.05, 0.1) is 24.5 Å². The number of nitrogens with zero attached hydrogens (tertiary/aromatic N) is 3. The van der Waals surface area contributed by atoms with Gasteiger partial charge in [0.1, 0.15) is 0 Å². The smallest absolute Gasteiger partial charge is 0.280 e. The Morgan fingerprint density at radius 2 is 2.33 bits per heavy atom. The number of fused-ring (bicyclic) bond motifs is 1. The van der Waals surface area contributed by atoms with Gasteiger partial charge in [-0.1, -0.05) is 0 Å². The van der Waals surface area contributed by atoms with Crippen molar-refractivity contribution in [1.29, 1.82) is 0 Å². The highest BCUT2D eigenvalue weighted by Gasteiger charge is 2.13. The minimum absolute atomic E-state index is 0.0690. The van der Waals surface area contributed by atoms with Gasteiger partial charge in [-0.3, -0.25) is 9.36 Å². The molecule has 0 saturated carbocycles. The van der Waals surface area contributed by atoms with E-state index in [9.17, 15) is 9.90 Å². The summed E-state index contributed by atoms with van der Waals surface area (Å²) in [6.45, 7) is -0.0690. The molecule has 0 aliphatic heterocycles. The molecule has 2 aromatic rings. The highest BCUT2D eigenvalue weighted by Crippen LogP contribution is 2.12. The van der Waals surface area contributed by atoms with Crippen LogP contribution in [0.25, 0.3) is 11.0 Å². The molecule has 0 aliphatic rings. The minimum atomic E-state index is -0.233. The summed E-state index contributed by atoms with van der Waals surface area (Å²) in [6.07, 6.45) is 5.80. The van der Waals surface area contributed by atoms with Crippen molar-refractivity contribution in [3.8, 4) is 0 Å². The standard InChI is InChI=1S/C12H15N3O2S/c1-18-6-4-9(7-16)15-8-14-10-3-2-5-13-11(10)12(15)17/h2-3,5,8-9,16H,4,6-7H2,1H3/t9-/m0/s1. The van der Waals surface area contributed by atoms with Crippen LogP contribution >= 0.6 is 11.8 Å². The van der Waals surface area contributed by atoms with Gasteiger partial charge in [0.25, 0.3) is 5.56 Å². The molecule has 2 heterocycles. The van der Waals surface area contributed by atoms with Crippen LogP contribution in [-0.4, -0.2) is 38.3 Å². The first-order valence-electron chi connectivity index (χ1n) is 5.69. The lowest BCUT2D eigenvalue weighted by Crippen LogP contribution is -2.28. The Morgan fingerprint density at radius 3 is 3.06 bits per heavy atom. The molecule has 0 bridgehead atoms. The number of aliphatic hydroxyl groups excluding tert-OH is 1. The first-order chi connectivity index (χ1) is 8.77. The van der Waals surface area contributed by atoms with Gasteiger partial charge >= 0.3 is 0 Å². The monoisotopic (exact) mass is 265 g/mol. The van der Waals surface area contributed by atoms with Crippen molar-refractivity contribution in [2.45, 2.75) is 12.5 Å². The fourth-order valence-electron chi connectivity index (χ4n) is 1.80. The fraction of sp³-hybridized carbons (Fsp3) is 0.417. The van der Waals surface area contributed by atoms with Crippen LogP contribution in [0.3, 0.4) is 0 Å². The summed E-state index contributed by atoms with van der Waals surface area (Å²) in [5, 5.41) is 9.39. The number of pyridine rings is 1. The van der Waals surface area contributed by atoms with Crippen LogP contribution in [0.5, 0.6) is 0 Å². The molecule has 0 aromatic carbocycles. The zero-order valence-corrected chi connectivity index (χ0v) is 10.9. The summed E-state index contributed by atoms with van der Waals surface area (Å²) in [5.41, 5.74) is 0.740. The zero-order chi connectivity index (χ0) is 13.0. The van der Waals surface area contributed by atoms with Crippen molar-refractivity contribution < 1.29 is 5.11 Å². The van der Waals surface area contributed by atoms with E-state index in [1.54, 1.807) is 30.1 Å². The Balaban J connectivity index is 2.44. The highest BCUT2D eigenvalue weighted by atomic mass is 32.2. The lowest BCUT2D eigenvalue weighted by molar-refractivity contribution is 0.222. The third-order valence-electron chi connectivity index (χ3n) is 2.80. The Hall–Kier alpha value is -1.40. The van der Waals surface area contributed by atoms with Crippen molar-refractivity contribution in [2.75, 3.05) is 18.6 Å². The second kappa shape index (κ2) is 5.97. The normalized spacial score (nSPS) is 12.8. The van der Waals surface area contributed by atoms with Crippen molar-refractivity contribution >= 4 is 22.8 Å². The van der Waals surface area contributed by atoms with Crippen molar-refractivity contribution in [3.05, 3.63) is 35.0 Å². The molecule has 0 radical (unpaired) electrons. The van der Waals surface area contributed by atoms with Crippen LogP contribution in [0.15, 0.2) is 29.5 Å². The maximum Gasteiger partial charge on any atom is 0.280 e. The molecule has 2 rings (SSSR count). The molecule has 6 heteroatoms. The average Bonchev–Trinajstić information content (AvgIpc) is 2.42. The molecular weight excluding hydrogens is 250 g/mol. The number of hydrogen-bond acceptors (Lipinski definition) is 5. The van der Waals surface area contributed by atoms with Gasteiger partial charge in [-0.25, -0.2) is 9.97 Å². The number of hydrogen-bond donors (Lipinski definition) is 1. The van der Waals surface area contributed by atoms with E-state index in [1.165, 1.54) is 10.9 Å². The second-order valence-corrected chi connectivity index (χ2v) is 4.93. The Labute approximate surface area is 109 Å². The summed E-state index contributed by atoms with van der Waals surface area (Å²) in [6, 6.07) is 3.27. The lowest BCUT2D eigenvalue weighted by atomic mass is 10.2. The van der Waals surface area contributed by atoms with Gasteiger partial charge in [-0.05, 0) is 30.6 Å². The molecule has 0 unspecified atom stereocenters. The molecule has 1 atom stereocenters. The maximum absolute atomic E-state index is 12.2. The molecule has 5 nitrogen and oxygen atoms in total. The average molecular weight is 265 g/mol. The summed E-state index contributed by atoms with van der Waals surface area (Å²) < 4.78 is 1.48. The Bertz CT molecular complexity index is 585. The van der Waals surface area contributed by atoms with E-state index in [0.717, 1.165) is 12.2 Å². The molecule has 0 saturated heterocycles. The van der Waals surface area contributed by atoms with Crippen LogP contribution in [0.1, 0.15) is 12.5 Å². The Kier molecular flexibility index (Phi) is 4.33. The van der Waals surface area contributed by atoms with Gasteiger partial charge in [0, 0.05) is 6.20 Å². The van der Waals surface area contributed by atoms with Gasteiger partial charge < -0.3 is 5.11 Å². The predicted molar refractivity (Wildman–Crippen MR) is 72.9 cm³/mol. The summed E-state index contributed by atoms with van der Waals surface area (Å²) in [5.74, 6) is 0.887. The van der Waals surface area contributed by atoms with Crippen LogP contribution in [0.2, 0.25) is 0 Å². The fourth-order valence-corrected chi connectivity index (χ4v) is 2.31. The molecule has 96 valence electrons. The van der Waals surface area contributed by atoms with Gasteiger partial charge in [-0.2, -0.15) is 11.8 Å². The summed E-state index contributed by atoms with van der Waals surface area (Å²) >= 11 is 1.69. The lowest BCUT2D eigenvalue weighted by Gasteiger charge is -2.16. The molecular formula is C12H15N3O2S. The Morgan fingerprint density at radius 1 is 1.50 bits per heavy atom. The second-order valence-electron chi connectivity index (χ2n) is 3.95. The number of aliphatic hydroxyl groups is 1. The van der Waals surface area contributed by atoms with Crippen molar-refractivity contribution in [1.82, 2.24) is 14.5 Å². The zero-order valence-electron chi connectivity index (χ0n) is 10.1. The van der Waals surface area contributed by atoms with E-state index in [0.29, 0.717) is 11.0 Å². The van der Waals surface area contributed by atoms with Crippen LogP contribution in [-0.2, 0) is 0 Å². The molecule has 0 fully saturated rings. The highest BCUT2D eigenvalue weighted by molar-refractivity contribution is 7.98. The van der Waals surface area contributed by atoms with Crippen LogP contribution in [0.4, 0.5) is 0 Å². The minimum Gasteiger partial charge on any atom is -0.394 e. The molecule has 1 N–H and O–H groups in total. The number of rotatable bonds is 5. The predicted octanol–water partition coefficient (Wildman–Crippen LogP) is 1.08. The quantitative estimate of drug-likeness (QED) is 0.876. The number of aromatic nitrogens is 3. The molecule has 2 aromatic heterocycles. The van der Waals surface area contributed by atoms with E-state index in [4.69, 9.17) is 0 Å². The SMILES string of the molecule is CSCC[C@@H](CO)n1cnc2cccnc2c1=O. The molecule has 0 amide bonds. The van der Waals surface area contributed by atoms with E-state index in [2.05, 4.69) is 9.97 Å². The van der Waals surface area contributed by atoms with E-state index < -0.39 is 0 Å². The van der Waals surface area contributed by atoms with Crippen LogP contribution < -0.4 is 5.56 Å². The van der Waals surface area contributed by atoms with Crippen molar-refractivity contribution in [3.63, 3.8) is 0 Å². The van der Waals surface area contributed by atoms with E-state index in [-0.39, 0.29) is 18.2 Å². The van der Waals surface area contributed by atoms with Gasteiger partial charge in [0.2, 0.25) is 0 Å². The van der Waals surface area contributed by atoms with Crippen molar-refractivity contribution in [2.24, 2.45) is 0 Å². The molecule has 0 aliphatic carbocycles. The summed E-state index contributed by atoms with van der Waals surface area (Å²) in [4.78, 5) is 20.5.